The lowest BCUT2D eigenvalue weighted by Gasteiger charge is -2.09. The Morgan fingerprint density at radius 1 is 1.14 bits per heavy atom. The fourth-order valence-corrected chi connectivity index (χ4v) is 2.58. The van der Waals surface area contributed by atoms with Crippen LogP contribution in [0.1, 0.15) is 16.8 Å². The van der Waals surface area contributed by atoms with Gasteiger partial charge in [-0.2, -0.15) is 0 Å². The summed E-state index contributed by atoms with van der Waals surface area (Å²) in [6.45, 7) is 7.99. The van der Waals surface area contributed by atoms with Gasteiger partial charge in [-0.25, -0.2) is 9.97 Å². The maximum Gasteiger partial charge on any atom is 0.209 e. The molecule has 0 bridgehead atoms. The molecule has 21 heavy (non-hydrogen) atoms. The Morgan fingerprint density at radius 3 is 2.48 bits per heavy atom. The summed E-state index contributed by atoms with van der Waals surface area (Å²) in [7, 11) is 1.88. The summed E-state index contributed by atoms with van der Waals surface area (Å²) in [5.41, 5.74) is 6.23. The molecule has 1 N–H and O–H groups in total. The average molecular weight is 279 g/mol. The summed E-state index contributed by atoms with van der Waals surface area (Å²) in [4.78, 5) is 9.34. The Bertz CT molecular complexity index is 785. The first-order valence-corrected chi connectivity index (χ1v) is 7.07. The molecule has 0 amide bonds. The molecule has 2 heterocycles. The van der Waals surface area contributed by atoms with Crippen molar-refractivity contribution in [1.29, 1.82) is 0 Å². The second-order valence-electron chi connectivity index (χ2n) is 5.19. The summed E-state index contributed by atoms with van der Waals surface area (Å²) in [5, 5.41) is 3.16. The Balaban J connectivity index is 2.28. The van der Waals surface area contributed by atoms with Crippen LogP contribution in [0, 0.1) is 20.8 Å². The molecule has 0 saturated heterocycles. The van der Waals surface area contributed by atoms with Gasteiger partial charge in [-0.05, 0) is 56.5 Å². The van der Waals surface area contributed by atoms with Crippen molar-refractivity contribution < 1.29 is 0 Å². The van der Waals surface area contributed by atoms with Crippen LogP contribution in [0.15, 0.2) is 30.3 Å². The van der Waals surface area contributed by atoms with Gasteiger partial charge in [0.05, 0.1) is 5.69 Å². The number of imidazole rings is 1. The van der Waals surface area contributed by atoms with Gasteiger partial charge in [0.15, 0.2) is 5.65 Å². The number of aryl methyl sites for hydroxylation is 2. The minimum atomic E-state index is 0.792. The first-order chi connectivity index (χ1) is 10.1. The van der Waals surface area contributed by atoms with Crippen LogP contribution in [0.5, 0.6) is 0 Å². The zero-order chi connectivity index (χ0) is 15.0. The van der Waals surface area contributed by atoms with Gasteiger partial charge in [0, 0.05) is 12.7 Å². The highest BCUT2D eigenvalue weighted by atomic mass is 15.2. The summed E-state index contributed by atoms with van der Waals surface area (Å²) in [6, 6.07) is 10.4. The van der Waals surface area contributed by atoms with Crippen molar-refractivity contribution in [2.75, 3.05) is 12.4 Å². The number of benzene rings is 1. The molecule has 0 spiro atoms. The van der Waals surface area contributed by atoms with Crippen LogP contribution in [0.4, 0.5) is 5.95 Å². The van der Waals surface area contributed by atoms with Crippen molar-refractivity contribution in [3.05, 3.63) is 54.1 Å². The van der Waals surface area contributed by atoms with Gasteiger partial charge in [-0.3, -0.25) is 4.57 Å². The molecule has 0 aliphatic rings. The van der Waals surface area contributed by atoms with E-state index in [0.29, 0.717) is 0 Å². The predicted octanol–water partition coefficient (Wildman–Crippen LogP) is 3.46. The molecule has 1 aromatic carbocycles. The molecule has 0 fully saturated rings. The average Bonchev–Trinajstić information content (AvgIpc) is 2.86. The predicted molar refractivity (Wildman–Crippen MR) is 86.9 cm³/mol. The van der Waals surface area contributed by atoms with Gasteiger partial charge in [0.25, 0.3) is 0 Å². The Kier molecular flexibility index (Phi) is 3.37. The first-order valence-electron chi connectivity index (χ1n) is 7.07. The highest BCUT2D eigenvalue weighted by Crippen LogP contribution is 2.26. The normalized spacial score (nSPS) is 11.0. The van der Waals surface area contributed by atoms with E-state index in [0.717, 1.165) is 40.5 Å². The van der Waals surface area contributed by atoms with E-state index in [1.165, 1.54) is 5.56 Å². The fourth-order valence-electron chi connectivity index (χ4n) is 2.58. The van der Waals surface area contributed by atoms with Crippen molar-refractivity contribution in [1.82, 2.24) is 14.5 Å². The number of nitrogens with zero attached hydrogens (tertiary/aromatic N) is 3. The number of hydrogen-bond acceptors (Lipinski definition) is 3. The molecule has 4 heteroatoms. The van der Waals surface area contributed by atoms with Crippen molar-refractivity contribution in [3.8, 4) is 5.69 Å². The van der Waals surface area contributed by atoms with Gasteiger partial charge in [0.2, 0.25) is 5.95 Å². The van der Waals surface area contributed by atoms with Crippen LogP contribution in [-0.2, 0) is 6.42 Å². The summed E-state index contributed by atoms with van der Waals surface area (Å²) in [6.07, 6.45) is 0.792. The molecule has 2 aromatic heterocycles. The van der Waals surface area contributed by atoms with E-state index < -0.39 is 0 Å². The topological polar surface area (TPSA) is 42.7 Å². The van der Waals surface area contributed by atoms with Gasteiger partial charge >= 0.3 is 0 Å². The summed E-state index contributed by atoms with van der Waals surface area (Å²) < 4.78 is 2.06. The molecule has 0 atom stereocenters. The number of anilines is 1. The first kappa shape index (κ1) is 13.6. The van der Waals surface area contributed by atoms with Crippen molar-refractivity contribution in [2.24, 2.45) is 0 Å². The van der Waals surface area contributed by atoms with Crippen LogP contribution in [0.25, 0.3) is 16.9 Å². The van der Waals surface area contributed by atoms with Crippen molar-refractivity contribution in [3.63, 3.8) is 0 Å². The number of nitrogens with one attached hydrogen (secondary N) is 1. The Morgan fingerprint density at radius 2 is 1.86 bits per heavy atom. The summed E-state index contributed by atoms with van der Waals surface area (Å²) in [5.74, 6) is 0.800. The van der Waals surface area contributed by atoms with E-state index in [-0.39, 0.29) is 0 Å². The Labute approximate surface area is 124 Å². The lowest BCUT2D eigenvalue weighted by molar-refractivity contribution is 1.05. The second kappa shape index (κ2) is 5.20. The third kappa shape index (κ3) is 2.27. The van der Waals surface area contributed by atoms with Crippen molar-refractivity contribution >= 4 is 17.1 Å². The maximum atomic E-state index is 4.67. The van der Waals surface area contributed by atoms with Crippen LogP contribution >= 0.6 is 0 Å². The minimum absolute atomic E-state index is 0.792. The van der Waals surface area contributed by atoms with Crippen LogP contribution in [0.2, 0.25) is 0 Å². The van der Waals surface area contributed by atoms with E-state index in [9.17, 15) is 0 Å². The largest absolute Gasteiger partial charge is 0.358 e. The van der Waals surface area contributed by atoms with Crippen LogP contribution in [0.3, 0.4) is 0 Å². The highest BCUT2D eigenvalue weighted by molar-refractivity contribution is 5.80. The molecule has 0 aliphatic heterocycles. The van der Waals surface area contributed by atoms with E-state index in [2.05, 4.69) is 64.0 Å². The highest BCUT2D eigenvalue weighted by Gasteiger charge is 2.14. The Hall–Kier alpha value is -2.36. The fraction of sp³-hybridized carbons (Fsp3) is 0.235. The molecular weight excluding hydrogens is 260 g/mol. The summed E-state index contributed by atoms with van der Waals surface area (Å²) >= 11 is 0. The standard InChI is InChI=1S/C17H19N4/c1-5-13-6-8-14(9-7-13)21-16-15(20-17(21)18-4)11(2)10-12(3)19-16/h6-10H,1,5H2,2-4H3,(H,18,20). The maximum absolute atomic E-state index is 4.67. The second-order valence-corrected chi connectivity index (χ2v) is 5.19. The molecule has 3 rings (SSSR count). The molecular formula is C17H19N4. The monoisotopic (exact) mass is 279 g/mol. The van der Waals surface area contributed by atoms with E-state index in [1.807, 2.05) is 14.0 Å². The van der Waals surface area contributed by atoms with E-state index in [1.54, 1.807) is 0 Å². The lowest BCUT2D eigenvalue weighted by Crippen LogP contribution is -2.02. The zero-order valence-electron chi connectivity index (χ0n) is 12.6. The molecule has 1 radical (unpaired) electrons. The number of aromatic nitrogens is 3. The molecule has 0 unspecified atom stereocenters. The van der Waals surface area contributed by atoms with Crippen molar-refractivity contribution in [2.45, 2.75) is 20.3 Å². The number of hydrogen-bond donors (Lipinski definition) is 1. The molecule has 0 saturated carbocycles. The molecule has 3 aromatic rings. The minimum Gasteiger partial charge on any atom is -0.358 e. The smallest absolute Gasteiger partial charge is 0.209 e. The third-order valence-electron chi connectivity index (χ3n) is 3.64. The molecule has 4 nitrogen and oxygen atoms in total. The van der Waals surface area contributed by atoms with Crippen LogP contribution in [-0.4, -0.2) is 21.6 Å². The zero-order valence-corrected chi connectivity index (χ0v) is 12.6. The third-order valence-corrected chi connectivity index (χ3v) is 3.64. The number of fused-ring (bicyclic) bond motifs is 1. The van der Waals surface area contributed by atoms with Gasteiger partial charge < -0.3 is 5.32 Å². The lowest BCUT2D eigenvalue weighted by atomic mass is 10.1. The van der Waals surface area contributed by atoms with Gasteiger partial charge in [0.1, 0.15) is 5.52 Å². The number of pyridine rings is 1. The van der Waals surface area contributed by atoms with E-state index >= 15 is 0 Å². The van der Waals surface area contributed by atoms with Gasteiger partial charge in [-0.1, -0.05) is 12.1 Å². The molecule has 0 aliphatic carbocycles. The van der Waals surface area contributed by atoms with Crippen LogP contribution < -0.4 is 5.32 Å². The number of rotatable bonds is 3. The van der Waals surface area contributed by atoms with Gasteiger partial charge in [-0.15, -0.1) is 0 Å². The quantitative estimate of drug-likeness (QED) is 0.798. The van der Waals surface area contributed by atoms with E-state index in [4.69, 9.17) is 0 Å². The molecule has 107 valence electrons. The SMILES string of the molecule is [CH2]Cc1ccc(-n2c(NC)nc3c(C)cc(C)nc32)cc1.